The van der Waals surface area contributed by atoms with E-state index in [4.69, 9.17) is 9.52 Å². The van der Waals surface area contributed by atoms with Crippen molar-refractivity contribution in [3.8, 4) is 17.4 Å². The highest BCUT2D eigenvalue weighted by atomic mass is 16.6. The molecule has 0 aliphatic heterocycles. The van der Waals surface area contributed by atoms with Crippen LogP contribution in [0.5, 0.6) is 0 Å². The zero-order valence-electron chi connectivity index (χ0n) is 15.2. The van der Waals surface area contributed by atoms with Crippen LogP contribution in [0.15, 0.2) is 70.7 Å². The van der Waals surface area contributed by atoms with E-state index in [0.29, 0.717) is 11.3 Å². The molecule has 0 aliphatic rings. The van der Waals surface area contributed by atoms with Crippen molar-refractivity contribution >= 4 is 29.3 Å². The number of nitriles is 1. The number of rotatable bonds is 6. The highest BCUT2D eigenvalue weighted by Crippen LogP contribution is 2.25. The lowest BCUT2D eigenvalue weighted by Gasteiger charge is -2.05. The number of nitrogens with one attached hydrogen (secondary N) is 1. The average Bonchev–Trinajstić information content (AvgIpc) is 3.20. The number of anilines is 1. The molecule has 1 aromatic heterocycles. The Morgan fingerprint density at radius 2 is 1.87 bits per heavy atom. The molecular formula is C21H13N3O6. The first kappa shape index (κ1) is 20.0. The molecule has 0 spiro atoms. The third-order valence-electron chi connectivity index (χ3n) is 4.01. The highest BCUT2D eigenvalue weighted by Gasteiger charge is 2.13. The molecule has 9 heteroatoms. The molecular weight excluding hydrogens is 390 g/mol. The number of benzene rings is 2. The molecule has 3 rings (SSSR count). The van der Waals surface area contributed by atoms with Gasteiger partial charge >= 0.3 is 5.97 Å². The average molecular weight is 403 g/mol. The molecule has 148 valence electrons. The fraction of sp³-hybridized carbons (Fsp3) is 0. The second kappa shape index (κ2) is 8.53. The van der Waals surface area contributed by atoms with Crippen molar-refractivity contribution in [3.05, 3.63) is 87.7 Å². The van der Waals surface area contributed by atoms with Gasteiger partial charge in [0.2, 0.25) is 0 Å². The second-order valence-corrected chi connectivity index (χ2v) is 6.02. The van der Waals surface area contributed by atoms with Crippen molar-refractivity contribution in [1.29, 1.82) is 5.26 Å². The number of aromatic carboxylic acids is 1. The van der Waals surface area contributed by atoms with E-state index in [0.717, 1.165) is 0 Å². The monoisotopic (exact) mass is 403 g/mol. The quantitative estimate of drug-likeness (QED) is 0.272. The highest BCUT2D eigenvalue weighted by molar-refractivity contribution is 6.09. The van der Waals surface area contributed by atoms with Crippen LogP contribution in [-0.4, -0.2) is 21.9 Å². The maximum atomic E-state index is 12.4. The number of carboxylic acid groups (broad SMARTS) is 1. The molecule has 0 bridgehead atoms. The number of furan rings is 1. The van der Waals surface area contributed by atoms with Crippen LogP contribution in [0.2, 0.25) is 0 Å². The first-order chi connectivity index (χ1) is 14.4. The van der Waals surface area contributed by atoms with E-state index in [1.807, 2.05) is 0 Å². The van der Waals surface area contributed by atoms with E-state index < -0.39 is 16.8 Å². The van der Waals surface area contributed by atoms with E-state index in [-0.39, 0.29) is 28.3 Å². The lowest BCUT2D eigenvalue weighted by molar-refractivity contribution is -0.384. The van der Waals surface area contributed by atoms with Crippen LogP contribution in [0.4, 0.5) is 11.4 Å². The van der Waals surface area contributed by atoms with Gasteiger partial charge in [-0.3, -0.25) is 14.9 Å². The van der Waals surface area contributed by atoms with Crippen molar-refractivity contribution in [3.63, 3.8) is 0 Å². The Hall–Kier alpha value is -4.71. The zero-order chi connectivity index (χ0) is 21.7. The molecule has 0 saturated carbocycles. The van der Waals surface area contributed by atoms with E-state index in [9.17, 15) is 25.0 Å². The second-order valence-electron chi connectivity index (χ2n) is 6.02. The minimum Gasteiger partial charge on any atom is -0.478 e. The van der Waals surface area contributed by atoms with E-state index >= 15 is 0 Å². The Kier molecular flexibility index (Phi) is 5.70. The van der Waals surface area contributed by atoms with Crippen LogP contribution in [0, 0.1) is 21.4 Å². The van der Waals surface area contributed by atoms with E-state index in [1.165, 1.54) is 54.6 Å². The van der Waals surface area contributed by atoms with E-state index in [1.54, 1.807) is 18.2 Å². The van der Waals surface area contributed by atoms with Crippen LogP contribution >= 0.6 is 0 Å². The summed E-state index contributed by atoms with van der Waals surface area (Å²) in [7, 11) is 0. The lowest BCUT2D eigenvalue weighted by Crippen LogP contribution is -2.13. The molecule has 0 aliphatic carbocycles. The minimum absolute atomic E-state index is 0.00550. The molecule has 9 nitrogen and oxygen atoms in total. The Morgan fingerprint density at radius 1 is 1.13 bits per heavy atom. The van der Waals surface area contributed by atoms with Crippen molar-refractivity contribution < 1.29 is 24.0 Å². The van der Waals surface area contributed by atoms with Gasteiger partial charge in [-0.05, 0) is 42.5 Å². The molecule has 0 atom stereocenters. The molecule has 1 amide bonds. The van der Waals surface area contributed by atoms with Gasteiger partial charge in [-0.2, -0.15) is 5.26 Å². The summed E-state index contributed by atoms with van der Waals surface area (Å²) in [4.78, 5) is 33.6. The molecule has 3 aromatic rings. The third kappa shape index (κ3) is 4.58. The number of non-ortho nitro benzene ring substituents is 1. The van der Waals surface area contributed by atoms with Gasteiger partial charge in [0.25, 0.3) is 11.6 Å². The number of hydrogen-bond donors (Lipinski definition) is 2. The number of amides is 1. The predicted octanol–water partition coefficient (Wildman–Crippen LogP) is 4.10. The fourth-order valence-corrected chi connectivity index (χ4v) is 2.55. The summed E-state index contributed by atoms with van der Waals surface area (Å²) >= 11 is 0. The predicted molar refractivity (Wildman–Crippen MR) is 106 cm³/mol. The number of carboxylic acids is 1. The Balaban J connectivity index is 1.78. The topological polar surface area (TPSA) is 146 Å². The number of carbonyl (C=O) groups excluding carboxylic acids is 1. The van der Waals surface area contributed by atoms with Crippen LogP contribution in [0.25, 0.3) is 17.4 Å². The van der Waals surface area contributed by atoms with Gasteiger partial charge in [0.05, 0.1) is 10.5 Å². The third-order valence-corrected chi connectivity index (χ3v) is 4.01. The van der Waals surface area contributed by atoms with Crippen molar-refractivity contribution in [1.82, 2.24) is 0 Å². The maximum absolute atomic E-state index is 12.4. The fourth-order valence-electron chi connectivity index (χ4n) is 2.55. The molecule has 0 unspecified atom stereocenters. The summed E-state index contributed by atoms with van der Waals surface area (Å²) in [6.45, 7) is 0. The maximum Gasteiger partial charge on any atom is 0.335 e. The molecule has 2 aromatic carbocycles. The molecule has 0 radical (unpaired) electrons. The number of hydrogen-bond acceptors (Lipinski definition) is 6. The van der Waals surface area contributed by atoms with Gasteiger partial charge in [0.15, 0.2) is 0 Å². The first-order valence-electron chi connectivity index (χ1n) is 8.48. The number of nitro groups is 1. The van der Waals surface area contributed by atoms with E-state index in [2.05, 4.69) is 5.32 Å². The zero-order valence-corrected chi connectivity index (χ0v) is 15.2. The molecule has 0 fully saturated rings. The molecule has 1 heterocycles. The van der Waals surface area contributed by atoms with Gasteiger partial charge in [-0.25, -0.2) is 4.79 Å². The standard InChI is InChI=1S/C21H13N3O6/c22-12-15(20(25)23-16-3-1-2-14(10-16)21(26)27)11-18-8-9-19(30-18)13-4-6-17(7-5-13)24(28)29/h1-11H,(H,23,25)(H,26,27)/b15-11+. The Morgan fingerprint density at radius 3 is 2.50 bits per heavy atom. The number of nitrogens with zero attached hydrogens (tertiary/aromatic N) is 2. The van der Waals surface area contributed by atoms with Gasteiger partial charge in [-0.1, -0.05) is 6.07 Å². The smallest absolute Gasteiger partial charge is 0.335 e. The van der Waals surface area contributed by atoms with Crippen molar-refractivity contribution in [2.24, 2.45) is 0 Å². The SMILES string of the molecule is N#C/C(=C\c1ccc(-c2ccc([N+](=O)[O-])cc2)o1)C(=O)Nc1cccc(C(=O)O)c1. The van der Waals surface area contributed by atoms with Crippen LogP contribution in [0.3, 0.4) is 0 Å². The van der Waals surface area contributed by atoms with Gasteiger partial charge in [0, 0.05) is 29.5 Å². The number of nitro benzene ring substituents is 1. The lowest BCUT2D eigenvalue weighted by atomic mass is 10.1. The molecule has 2 N–H and O–H groups in total. The summed E-state index contributed by atoms with van der Waals surface area (Å²) < 4.78 is 5.60. The largest absolute Gasteiger partial charge is 0.478 e. The van der Waals surface area contributed by atoms with Crippen LogP contribution < -0.4 is 5.32 Å². The van der Waals surface area contributed by atoms with Crippen molar-refractivity contribution in [2.45, 2.75) is 0 Å². The Bertz CT molecular complexity index is 1200. The Labute approximate surface area is 169 Å². The summed E-state index contributed by atoms with van der Waals surface area (Å²) in [5.41, 5.74) is 0.510. The first-order valence-corrected chi connectivity index (χ1v) is 8.48. The van der Waals surface area contributed by atoms with Gasteiger partial charge in [0.1, 0.15) is 23.2 Å². The van der Waals surface area contributed by atoms with Crippen LogP contribution in [0.1, 0.15) is 16.1 Å². The minimum atomic E-state index is -1.14. The molecule has 30 heavy (non-hydrogen) atoms. The molecule has 0 saturated heterocycles. The van der Waals surface area contributed by atoms with Crippen molar-refractivity contribution in [2.75, 3.05) is 5.32 Å². The summed E-state index contributed by atoms with van der Waals surface area (Å²) in [6, 6.07) is 16.3. The van der Waals surface area contributed by atoms with Gasteiger partial charge < -0.3 is 14.8 Å². The summed E-state index contributed by atoms with van der Waals surface area (Å²) in [6.07, 6.45) is 1.24. The summed E-state index contributed by atoms with van der Waals surface area (Å²) in [5, 5.41) is 31.5. The van der Waals surface area contributed by atoms with Crippen LogP contribution in [-0.2, 0) is 4.79 Å². The van der Waals surface area contributed by atoms with Gasteiger partial charge in [-0.15, -0.1) is 0 Å². The number of carbonyl (C=O) groups is 2. The normalized spacial score (nSPS) is 10.8. The summed E-state index contributed by atoms with van der Waals surface area (Å²) in [5.74, 6) is -1.23.